The minimum atomic E-state index is 0.224. The van der Waals surface area contributed by atoms with Crippen molar-refractivity contribution >= 4 is 28.1 Å². The highest BCUT2D eigenvalue weighted by Gasteiger charge is 2.18. The Kier molecular flexibility index (Phi) is 2.97. The number of fused-ring (bicyclic) bond motifs is 1. The SMILES string of the molecule is Cc1nnc(NCc2cc(Cl)c3c(c2)OCO3)s1. The number of ether oxygens (including phenoxy) is 2. The molecule has 7 heteroatoms. The molecule has 0 fully saturated rings. The lowest BCUT2D eigenvalue weighted by Crippen LogP contribution is -1.99. The van der Waals surface area contributed by atoms with Gasteiger partial charge in [-0.25, -0.2) is 0 Å². The third kappa shape index (κ3) is 2.21. The van der Waals surface area contributed by atoms with E-state index in [0.29, 0.717) is 23.1 Å². The second-order valence-corrected chi connectivity index (χ2v) is 5.38. The van der Waals surface area contributed by atoms with Crippen LogP contribution in [0.3, 0.4) is 0 Å². The largest absolute Gasteiger partial charge is 0.454 e. The Bertz CT molecular complexity index is 588. The predicted octanol–water partition coefficient (Wildman–Crippen LogP) is 2.84. The van der Waals surface area contributed by atoms with E-state index in [2.05, 4.69) is 15.5 Å². The summed E-state index contributed by atoms with van der Waals surface area (Å²) in [6, 6.07) is 3.77. The number of rotatable bonds is 3. The third-order valence-corrected chi connectivity index (χ3v) is 3.53. The molecule has 3 rings (SSSR count). The molecule has 0 saturated carbocycles. The first-order chi connectivity index (χ1) is 8.72. The van der Waals surface area contributed by atoms with Crippen LogP contribution in [-0.2, 0) is 6.54 Å². The fraction of sp³-hybridized carbons (Fsp3) is 0.273. The standard InChI is InChI=1S/C11H10ClN3O2S/c1-6-14-15-11(18-6)13-4-7-2-8(12)10-9(3-7)16-5-17-10/h2-3H,4-5H2,1H3,(H,13,15). The fourth-order valence-electron chi connectivity index (χ4n) is 1.67. The molecular formula is C11H10ClN3O2S. The van der Waals surface area contributed by atoms with E-state index in [1.165, 1.54) is 11.3 Å². The molecule has 0 atom stereocenters. The van der Waals surface area contributed by atoms with E-state index in [4.69, 9.17) is 21.1 Å². The van der Waals surface area contributed by atoms with Crippen molar-refractivity contribution in [2.24, 2.45) is 0 Å². The van der Waals surface area contributed by atoms with Crippen molar-refractivity contribution in [3.63, 3.8) is 0 Å². The molecular weight excluding hydrogens is 274 g/mol. The molecule has 0 bridgehead atoms. The Labute approximate surface area is 113 Å². The van der Waals surface area contributed by atoms with E-state index in [-0.39, 0.29) is 6.79 Å². The van der Waals surface area contributed by atoms with Gasteiger partial charge in [-0.3, -0.25) is 0 Å². The zero-order valence-electron chi connectivity index (χ0n) is 9.57. The lowest BCUT2D eigenvalue weighted by atomic mass is 10.2. The molecule has 1 aromatic heterocycles. The van der Waals surface area contributed by atoms with Crippen LogP contribution in [0.1, 0.15) is 10.6 Å². The van der Waals surface area contributed by atoms with Crippen molar-refractivity contribution in [1.29, 1.82) is 0 Å². The van der Waals surface area contributed by atoms with Crippen LogP contribution < -0.4 is 14.8 Å². The number of anilines is 1. The number of aromatic nitrogens is 2. The van der Waals surface area contributed by atoms with E-state index in [1.807, 2.05) is 19.1 Å². The molecule has 0 radical (unpaired) electrons. The second kappa shape index (κ2) is 4.62. The van der Waals surface area contributed by atoms with Gasteiger partial charge in [0.15, 0.2) is 11.5 Å². The molecule has 0 saturated heterocycles. The monoisotopic (exact) mass is 283 g/mol. The van der Waals surface area contributed by atoms with Crippen LogP contribution in [0.4, 0.5) is 5.13 Å². The molecule has 0 aliphatic carbocycles. The molecule has 0 unspecified atom stereocenters. The molecule has 1 N–H and O–H groups in total. The Morgan fingerprint density at radius 2 is 2.28 bits per heavy atom. The van der Waals surface area contributed by atoms with Crippen LogP contribution >= 0.6 is 22.9 Å². The Morgan fingerprint density at radius 1 is 1.39 bits per heavy atom. The molecule has 1 aromatic carbocycles. The Morgan fingerprint density at radius 3 is 3.06 bits per heavy atom. The van der Waals surface area contributed by atoms with Gasteiger partial charge in [-0.05, 0) is 24.6 Å². The maximum atomic E-state index is 6.10. The zero-order chi connectivity index (χ0) is 12.5. The van der Waals surface area contributed by atoms with E-state index in [0.717, 1.165) is 15.7 Å². The molecule has 1 aliphatic heterocycles. The van der Waals surface area contributed by atoms with Gasteiger partial charge in [-0.15, -0.1) is 10.2 Å². The summed E-state index contributed by atoms with van der Waals surface area (Å²) >= 11 is 7.62. The highest BCUT2D eigenvalue weighted by Crippen LogP contribution is 2.39. The average Bonchev–Trinajstić information content (AvgIpc) is 2.95. The van der Waals surface area contributed by atoms with Crippen molar-refractivity contribution < 1.29 is 9.47 Å². The van der Waals surface area contributed by atoms with Crippen molar-refractivity contribution in [2.45, 2.75) is 13.5 Å². The summed E-state index contributed by atoms with van der Waals surface area (Å²) in [5.74, 6) is 1.31. The predicted molar refractivity (Wildman–Crippen MR) is 69.5 cm³/mol. The molecule has 2 aromatic rings. The molecule has 5 nitrogen and oxygen atoms in total. The smallest absolute Gasteiger partial charge is 0.231 e. The highest BCUT2D eigenvalue weighted by atomic mass is 35.5. The van der Waals surface area contributed by atoms with Crippen molar-refractivity contribution in [2.75, 3.05) is 12.1 Å². The number of nitrogens with one attached hydrogen (secondary N) is 1. The molecule has 0 amide bonds. The molecule has 18 heavy (non-hydrogen) atoms. The van der Waals surface area contributed by atoms with Gasteiger partial charge in [0.05, 0.1) is 5.02 Å². The third-order valence-electron chi connectivity index (χ3n) is 2.46. The second-order valence-electron chi connectivity index (χ2n) is 3.79. The summed E-state index contributed by atoms with van der Waals surface area (Å²) in [6.45, 7) is 2.76. The minimum Gasteiger partial charge on any atom is -0.454 e. The number of hydrogen-bond acceptors (Lipinski definition) is 6. The number of nitrogens with zero attached hydrogens (tertiary/aromatic N) is 2. The van der Waals surface area contributed by atoms with Crippen molar-refractivity contribution in [3.8, 4) is 11.5 Å². The lowest BCUT2D eigenvalue weighted by Gasteiger charge is -2.05. The summed E-state index contributed by atoms with van der Waals surface area (Å²) < 4.78 is 10.6. The lowest BCUT2D eigenvalue weighted by molar-refractivity contribution is 0.174. The minimum absolute atomic E-state index is 0.224. The van der Waals surface area contributed by atoms with Gasteiger partial charge in [-0.1, -0.05) is 22.9 Å². The normalized spacial score (nSPS) is 12.8. The first-order valence-corrected chi connectivity index (χ1v) is 6.54. The van der Waals surface area contributed by atoms with E-state index >= 15 is 0 Å². The summed E-state index contributed by atoms with van der Waals surface area (Å²) in [6.07, 6.45) is 0. The number of benzene rings is 1. The highest BCUT2D eigenvalue weighted by molar-refractivity contribution is 7.15. The maximum absolute atomic E-state index is 6.10. The van der Waals surface area contributed by atoms with E-state index < -0.39 is 0 Å². The van der Waals surface area contributed by atoms with Crippen LogP contribution in [0.5, 0.6) is 11.5 Å². The molecule has 0 spiro atoms. The summed E-state index contributed by atoms with van der Waals surface area (Å²) in [5.41, 5.74) is 1.01. The van der Waals surface area contributed by atoms with Crippen LogP contribution in [0.2, 0.25) is 5.02 Å². The molecule has 2 heterocycles. The topological polar surface area (TPSA) is 56.3 Å². The summed E-state index contributed by atoms with van der Waals surface area (Å²) in [4.78, 5) is 0. The van der Waals surface area contributed by atoms with Crippen molar-refractivity contribution in [1.82, 2.24) is 10.2 Å². The average molecular weight is 284 g/mol. The summed E-state index contributed by atoms with van der Waals surface area (Å²) in [7, 11) is 0. The van der Waals surface area contributed by atoms with Crippen LogP contribution in [0, 0.1) is 6.92 Å². The van der Waals surface area contributed by atoms with E-state index in [9.17, 15) is 0 Å². The number of aryl methyl sites for hydroxylation is 1. The molecule has 1 aliphatic rings. The first-order valence-electron chi connectivity index (χ1n) is 5.34. The van der Waals surface area contributed by atoms with Crippen LogP contribution in [-0.4, -0.2) is 17.0 Å². The van der Waals surface area contributed by atoms with Crippen LogP contribution in [0.25, 0.3) is 0 Å². The first kappa shape index (κ1) is 11.6. The van der Waals surface area contributed by atoms with Crippen molar-refractivity contribution in [3.05, 3.63) is 27.7 Å². The summed E-state index contributed by atoms with van der Waals surface area (Å²) in [5, 5.41) is 13.4. The maximum Gasteiger partial charge on any atom is 0.231 e. The number of hydrogen-bond donors (Lipinski definition) is 1. The fourth-order valence-corrected chi connectivity index (χ4v) is 2.54. The van der Waals surface area contributed by atoms with Gasteiger partial charge in [0, 0.05) is 6.54 Å². The Balaban J connectivity index is 1.75. The van der Waals surface area contributed by atoms with Gasteiger partial charge in [-0.2, -0.15) is 0 Å². The van der Waals surface area contributed by atoms with Gasteiger partial charge in [0.2, 0.25) is 11.9 Å². The number of halogens is 1. The van der Waals surface area contributed by atoms with Crippen LogP contribution in [0.15, 0.2) is 12.1 Å². The Hall–Kier alpha value is -1.53. The van der Waals surface area contributed by atoms with Gasteiger partial charge >= 0.3 is 0 Å². The zero-order valence-corrected chi connectivity index (χ0v) is 11.1. The van der Waals surface area contributed by atoms with Gasteiger partial charge in [0.1, 0.15) is 5.01 Å². The van der Waals surface area contributed by atoms with E-state index in [1.54, 1.807) is 0 Å². The molecule has 94 valence electrons. The quantitative estimate of drug-likeness (QED) is 0.939. The van der Waals surface area contributed by atoms with Gasteiger partial charge < -0.3 is 14.8 Å². The van der Waals surface area contributed by atoms with Gasteiger partial charge in [0.25, 0.3) is 0 Å².